The van der Waals surface area contributed by atoms with E-state index in [2.05, 4.69) is 5.32 Å². The fourth-order valence-electron chi connectivity index (χ4n) is 0.770. The quantitative estimate of drug-likeness (QED) is 0.704. The summed E-state index contributed by atoms with van der Waals surface area (Å²) in [6.07, 6.45) is 0. The van der Waals surface area contributed by atoms with Gasteiger partial charge >= 0.3 is 0 Å². The zero-order chi connectivity index (χ0) is 8.10. The molecule has 0 aromatic heterocycles. The van der Waals surface area contributed by atoms with E-state index in [9.17, 15) is 0 Å². The highest BCUT2D eigenvalue weighted by Gasteiger charge is 1.90. The third-order valence-electron chi connectivity index (χ3n) is 1.28. The Kier molecular flexibility index (Phi) is 3.26. The summed E-state index contributed by atoms with van der Waals surface area (Å²) in [7, 11) is 0. The van der Waals surface area contributed by atoms with E-state index in [-0.39, 0.29) is 0 Å². The van der Waals surface area contributed by atoms with E-state index in [0.717, 1.165) is 6.54 Å². The third kappa shape index (κ3) is 3.30. The van der Waals surface area contributed by atoms with Gasteiger partial charge in [0.2, 0.25) is 0 Å². The molecule has 0 saturated carbocycles. The number of thiocarbonyl (C=S) groups is 1. The van der Waals surface area contributed by atoms with E-state index in [1.807, 2.05) is 30.3 Å². The van der Waals surface area contributed by atoms with Crippen LogP contribution in [-0.2, 0) is 6.54 Å². The van der Waals surface area contributed by atoms with Crippen molar-refractivity contribution in [3.05, 3.63) is 35.9 Å². The van der Waals surface area contributed by atoms with E-state index in [1.54, 1.807) is 0 Å². The van der Waals surface area contributed by atoms with Gasteiger partial charge in [0.25, 0.3) is 0 Å². The van der Waals surface area contributed by atoms with Crippen molar-refractivity contribution in [2.45, 2.75) is 6.54 Å². The lowest BCUT2D eigenvalue weighted by atomic mass is 10.2. The molecule has 0 aliphatic heterocycles. The highest BCUT2D eigenvalue weighted by atomic mass is 32.1. The standard InChI is InChI=1S/C8H8NS2/c10-8(11)9-6-7-4-2-1-3-5-7/h1-5H,6H2,(H,9,10). The Balaban J connectivity index is 2.45. The molecule has 0 bridgehead atoms. The summed E-state index contributed by atoms with van der Waals surface area (Å²) in [5.41, 5.74) is 1.19. The van der Waals surface area contributed by atoms with E-state index in [4.69, 9.17) is 24.8 Å². The normalized spacial score (nSPS) is 9.09. The number of rotatable bonds is 2. The first-order valence-corrected chi connectivity index (χ1v) is 4.09. The molecule has 0 spiro atoms. The van der Waals surface area contributed by atoms with Crippen molar-refractivity contribution in [2.75, 3.05) is 0 Å². The largest absolute Gasteiger partial charge is 0.363 e. The van der Waals surface area contributed by atoms with Gasteiger partial charge in [0.05, 0.1) is 0 Å². The van der Waals surface area contributed by atoms with Crippen molar-refractivity contribution < 1.29 is 0 Å². The Labute approximate surface area is 77.2 Å². The lowest BCUT2D eigenvalue weighted by molar-refractivity contribution is 0.940. The molecule has 1 aromatic carbocycles. The minimum absolute atomic E-state index is 0.425. The summed E-state index contributed by atoms with van der Waals surface area (Å²) >= 11 is 9.40. The molecule has 0 fully saturated rings. The van der Waals surface area contributed by atoms with Gasteiger partial charge in [0.15, 0.2) is 4.32 Å². The molecule has 1 aromatic rings. The van der Waals surface area contributed by atoms with Crippen LogP contribution in [0.25, 0.3) is 0 Å². The third-order valence-corrected chi connectivity index (χ3v) is 1.57. The minimum Gasteiger partial charge on any atom is -0.363 e. The second-order valence-electron chi connectivity index (χ2n) is 2.13. The summed E-state index contributed by atoms with van der Waals surface area (Å²) in [6, 6.07) is 10.0. The molecule has 0 unspecified atom stereocenters. The van der Waals surface area contributed by atoms with Crippen LogP contribution in [0.15, 0.2) is 30.3 Å². The van der Waals surface area contributed by atoms with Crippen LogP contribution in [-0.4, -0.2) is 4.32 Å². The Hall–Kier alpha value is -0.670. The van der Waals surface area contributed by atoms with Crippen LogP contribution in [0.4, 0.5) is 0 Å². The van der Waals surface area contributed by atoms with Crippen LogP contribution in [0, 0.1) is 0 Å². The average Bonchev–Trinajstić information content (AvgIpc) is 2.03. The summed E-state index contributed by atoms with van der Waals surface area (Å²) in [5, 5.41) is 2.91. The molecular formula is C8H8NS2. The summed E-state index contributed by atoms with van der Waals surface area (Å²) in [4.78, 5) is 0. The van der Waals surface area contributed by atoms with Crippen molar-refractivity contribution >= 4 is 29.2 Å². The molecule has 0 saturated heterocycles. The topological polar surface area (TPSA) is 12.0 Å². The second-order valence-corrected chi connectivity index (χ2v) is 3.20. The number of hydrogen-bond donors (Lipinski definition) is 1. The van der Waals surface area contributed by atoms with Crippen LogP contribution in [0.1, 0.15) is 5.56 Å². The zero-order valence-corrected chi connectivity index (χ0v) is 7.54. The first kappa shape index (κ1) is 8.43. The molecule has 11 heavy (non-hydrogen) atoms. The summed E-state index contributed by atoms with van der Waals surface area (Å²) < 4.78 is 0.425. The van der Waals surface area contributed by atoms with Crippen molar-refractivity contribution in [2.24, 2.45) is 0 Å². The molecule has 0 aliphatic carbocycles. The maximum atomic E-state index is 4.70. The fourth-order valence-corrected chi connectivity index (χ4v) is 0.914. The minimum atomic E-state index is 0.425. The van der Waals surface area contributed by atoms with Crippen LogP contribution in [0.3, 0.4) is 0 Å². The summed E-state index contributed by atoms with van der Waals surface area (Å²) in [6.45, 7) is 0.725. The van der Waals surface area contributed by atoms with Gasteiger partial charge in [-0.2, -0.15) is 0 Å². The van der Waals surface area contributed by atoms with Gasteiger partial charge in [-0.3, -0.25) is 0 Å². The van der Waals surface area contributed by atoms with Crippen LogP contribution < -0.4 is 5.32 Å². The molecule has 0 aliphatic rings. The molecule has 0 atom stereocenters. The fraction of sp³-hybridized carbons (Fsp3) is 0.125. The van der Waals surface area contributed by atoms with Crippen molar-refractivity contribution in [1.82, 2.24) is 5.32 Å². The van der Waals surface area contributed by atoms with Crippen LogP contribution in [0.5, 0.6) is 0 Å². The molecular weight excluding hydrogens is 174 g/mol. The number of nitrogens with one attached hydrogen (secondary N) is 1. The van der Waals surface area contributed by atoms with Gasteiger partial charge in [-0.05, 0) is 30.4 Å². The predicted octanol–water partition coefficient (Wildman–Crippen LogP) is 2.26. The SMILES string of the molecule is [S]C(=S)NCc1ccccc1. The van der Waals surface area contributed by atoms with Gasteiger partial charge < -0.3 is 5.32 Å². The first-order valence-electron chi connectivity index (χ1n) is 3.28. The Bertz CT molecular complexity index is 233. The number of hydrogen-bond acceptors (Lipinski definition) is 1. The highest BCUT2D eigenvalue weighted by Crippen LogP contribution is 1.97. The van der Waals surface area contributed by atoms with Gasteiger partial charge in [-0.1, -0.05) is 30.3 Å². The van der Waals surface area contributed by atoms with Crippen molar-refractivity contribution in [3.63, 3.8) is 0 Å². The van der Waals surface area contributed by atoms with Gasteiger partial charge in [0.1, 0.15) is 0 Å². The maximum Gasteiger partial charge on any atom is 0.164 e. The van der Waals surface area contributed by atoms with Gasteiger partial charge in [0, 0.05) is 6.54 Å². The molecule has 57 valence electrons. The first-order chi connectivity index (χ1) is 5.29. The lowest BCUT2D eigenvalue weighted by Crippen LogP contribution is -2.14. The Morgan fingerprint density at radius 1 is 1.27 bits per heavy atom. The summed E-state index contributed by atoms with van der Waals surface area (Å²) in [5.74, 6) is 0. The number of benzene rings is 1. The van der Waals surface area contributed by atoms with Crippen molar-refractivity contribution in [1.29, 1.82) is 0 Å². The Morgan fingerprint density at radius 3 is 2.45 bits per heavy atom. The molecule has 0 heterocycles. The van der Waals surface area contributed by atoms with Crippen LogP contribution >= 0.6 is 24.8 Å². The molecule has 1 rings (SSSR count). The van der Waals surface area contributed by atoms with E-state index < -0.39 is 0 Å². The smallest absolute Gasteiger partial charge is 0.164 e. The van der Waals surface area contributed by atoms with Crippen LogP contribution in [0.2, 0.25) is 0 Å². The van der Waals surface area contributed by atoms with Crippen molar-refractivity contribution in [3.8, 4) is 0 Å². The molecule has 0 amide bonds. The maximum absolute atomic E-state index is 4.70. The monoisotopic (exact) mass is 182 g/mol. The molecule has 1 nitrogen and oxygen atoms in total. The average molecular weight is 182 g/mol. The van der Waals surface area contributed by atoms with E-state index in [0.29, 0.717) is 4.32 Å². The van der Waals surface area contributed by atoms with Gasteiger partial charge in [-0.15, -0.1) is 0 Å². The zero-order valence-electron chi connectivity index (χ0n) is 5.91. The van der Waals surface area contributed by atoms with Gasteiger partial charge in [-0.25, -0.2) is 0 Å². The second kappa shape index (κ2) is 4.26. The molecule has 3 heteroatoms. The molecule has 1 N–H and O–H groups in total. The predicted molar refractivity (Wildman–Crippen MR) is 53.5 cm³/mol. The highest BCUT2D eigenvalue weighted by molar-refractivity contribution is 8.11. The van der Waals surface area contributed by atoms with E-state index >= 15 is 0 Å². The molecule has 1 radical (unpaired) electrons. The Morgan fingerprint density at radius 2 is 1.91 bits per heavy atom. The lowest BCUT2D eigenvalue weighted by Gasteiger charge is -2.00. The van der Waals surface area contributed by atoms with E-state index in [1.165, 1.54) is 5.56 Å².